The van der Waals surface area contributed by atoms with Crippen LogP contribution in [0.2, 0.25) is 0 Å². The molecule has 0 saturated carbocycles. The summed E-state index contributed by atoms with van der Waals surface area (Å²) in [6, 6.07) is 6.21. The molecule has 0 aliphatic rings. The number of carbonyl (C=O) groups is 1. The summed E-state index contributed by atoms with van der Waals surface area (Å²) in [4.78, 5) is 29.2. The lowest BCUT2D eigenvalue weighted by Gasteiger charge is -2.16. The van der Waals surface area contributed by atoms with Crippen LogP contribution < -0.4 is 4.52 Å². The largest absolute Gasteiger partial charge is 0.524 e. The Balaban J connectivity index is 2.84. The van der Waals surface area contributed by atoms with E-state index in [-0.39, 0.29) is 18.0 Å². The quantitative estimate of drug-likeness (QED) is 0.822. The molecule has 18 heavy (non-hydrogen) atoms. The highest BCUT2D eigenvalue weighted by Gasteiger charge is 2.21. The fourth-order valence-electron chi connectivity index (χ4n) is 1.30. The Morgan fingerprint density at radius 1 is 1.33 bits per heavy atom. The Hall–Kier alpha value is -1.16. The van der Waals surface area contributed by atoms with Crippen molar-refractivity contribution in [1.29, 1.82) is 0 Å². The summed E-state index contributed by atoms with van der Waals surface area (Å²) in [5.74, 6) is 0.110. The van der Waals surface area contributed by atoms with Crippen LogP contribution in [0.5, 0.6) is 5.75 Å². The van der Waals surface area contributed by atoms with E-state index >= 15 is 0 Å². The smallest absolute Gasteiger partial charge is 0.404 e. The fourth-order valence-corrected chi connectivity index (χ4v) is 1.69. The van der Waals surface area contributed by atoms with Gasteiger partial charge in [-0.05, 0) is 17.7 Å². The molecule has 0 atom stereocenters. The second-order valence-corrected chi connectivity index (χ2v) is 6.24. The predicted molar refractivity (Wildman–Crippen MR) is 67.3 cm³/mol. The van der Waals surface area contributed by atoms with E-state index in [1.54, 1.807) is 12.1 Å². The van der Waals surface area contributed by atoms with Gasteiger partial charge in [-0.1, -0.05) is 32.9 Å². The van der Waals surface area contributed by atoms with E-state index in [2.05, 4.69) is 4.52 Å². The van der Waals surface area contributed by atoms with Gasteiger partial charge in [-0.3, -0.25) is 14.6 Å². The van der Waals surface area contributed by atoms with Gasteiger partial charge in [-0.25, -0.2) is 4.57 Å². The van der Waals surface area contributed by atoms with E-state index in [4.69, 9.17) is 9.79 Å². The molecule has 1 aromatic rings. The minimum atomic E-state index is -4.56. The van der Waals surface area contributed by atoms with Crippen LogP contribution >= 0.6 is 7.82 Å². The molecule has 1 rings (SSSR count). The van der Waals surface area contributed by atoms with Gasteiger partial charge in [0.25, 0.3) is 0 Å². The molecule has 0 aliphatic carbocycles. The van der Waals surface area contributed by atoms with Gasteiger partial charge in [0.05, 0.1) is 0 Å². The Labute approximate surface area is 106 Å². The molecule has 0 fully saturated rings. The highest BCUT2D eigenvalue weighted by Crippen LogP contribution is 2.37. The van der Waals surface area contributed by atoms with Gasteiger partial charge in [0.2, 0.25) is 0 Å². The van der Waals surface area contributed by atoms with Gasteiger partial charge in [0, 0.05) is 11.8 Å². The lowest BCUT2D eigenvalue weighted by atomic mass is 9.87. The molecule has 5 nitrogen and oxygen atoms in total. The topological polar surface area (TPSA) is 83.8 Å². The summed E-state index contributed by atoms with van der Waals surface area (Å²) in [6.07, 6.45) is 0.210. The molecule has 0 spiro atoms. The van der Waals surface area contributed by atoms with Crippen molar-refractivity contribution >= 4 is 13.6 Å². The normalized spacial score (nSPS) is 12.3. The Morgan fingerprint density at radius 3 is 2.44 bits per heavy atom. The van der Waals surface area contributed by atoms with Crippen molar-refractivity contribution in [1.82, 2.24) is 0 Å². The molecule has 0 aliphatic heterocycles. The van der Waals surface area contributed by atoms with Crippen molar-refractivity contribution in [2.24, 2.45) is 5.41 Å². The summed E-state index contributed by atoms with van der Waals surface area (Å²) in [6.45, 7) is 5.47. The van der Waals surface area contributed by atoms with Crippen LogP contribution in [0.4, 0.5) is 0 Å². The maximum Gasteiger partial charge on any atom is 0.524 e. The first kappa shape index (κ1) is 14.9. The molecule has 0 bridgehead atoms. The summed E-state index contributed by atoms with van der Waals surface area (Å²) >= 11 is 0. The third kappa shape index (κ3) is 5.00. The lowest BCUT2D eigenvalue weighted by Crippen LogP contribution is -2.22. The van der Waals surface area contributed by atoms with E-state index in [1.807, 2.05) is 20.8 Å². The van der Waals surface area contributed by atoms with Gasteiger partial charge in [0.15, 0.2) is 0 Å². The van der Waals surface area contributed by atoms with Crippen molar-refractivity contribution < 1.29 is 23.7 Å². The molecular formula is C12H17O5P. The molecular weight excluding hydrogens is 255 g/mol. The fraction of sp³-hybridized carbons (Fsp3) is 0.417. The lowest BCUT2D eigenvalue weighted by molar-refractivity contribution is -0.125. The average molecular weight is 272 g/mol. The summed E-state index contributed by atoms with van der Waals surface area (Å²) < 4.78 is 15.2. The molecule has 100 valence electrons. The highest BCUT2D eigenvalue weighted by molar-refractivity contribution is 7.46. The molecule has 1 aromatic carbocycles. The van der Waals surface area contributed by atoms with Gasteiger partial charge in [-0.2, -0.15) is 0 Å². The van der Waals surface area contributed by atoms with Crippen LogP contribution in [-0.2, 0) is 15.8 Å². The van der Waals surface area contributed by atoms with Gasteiger partial charge >= 0.3 is 7.82 Å². The SMILES string of the molecule is CC(C)(C)C(=O)Cc1cccc(OP(=O)(O)O)c1. The zero-order valence-electron chi connectivity index (χ0n) is 10.6. The molecule has 0 amide bonds. The monoisotopic (exact) mass is 272 g/mol. The van der Waals surface area contributed by atoms with Crippen molar-refractivity contribution in [3.05, 3.63) is 29.8 Å². The summed E-state index contributed by atoms with van der Waals surface area (Å²) in [5, 5.41) is 0. The first-order valence-corrected chi connectivity index (χ1v) is 6.98. The number of rotatable bonds is 4. The van der Waals surface area contributed by atoms with E-state index in [0.29, 0.717) is 5.56 Å². The van der Waals surface area contributed by atoms with Crippen molar-refractivity contribution in [3.63, 3.8) is 0 Å². The van der Waals surface area contributed by atoms with Gasteiger partial charge < -0.3 is 4.52 Å². The number of ketones is 1. The number of hydrogen-bond acceptors (Lipinski definition) is 3. The molecule has 0 unspecified atom stereocenters. The van der Waals surface area contributed by atoms with Crippen LogP contribution in [0, 0.1) is 5.41 Å². The van der Waals surface area contributed by atoms with Crippen LogP contribution in [0.3, 0.4) is 0 Å². The van der Waals surface area contributed by atoms with Crippen LogP contribution in [-0.4, -0.2) is 15.6 Å². The number of Topliss-reactive ketones (excluding diaryl/α,β-unsaturated/α-hetero) is 1. The maximum absolute atomic E-state index is 11.8. The average Bonchev–Trinajstić information content (AvgIpc) is 2.13. The Kier molecular flexibility index (Phi) is 4.32. The molecule has 2 N–H and O–H groups in total. The van der Waals surface area contributed by atoms with Crippen LogP contribution in [0.15, 0.2) is 24.3 Å². The molecule has 0 aromatic heterocycles. The van der Waals surface area contributed by atoms with Gasteiger partial charge in [0.1, 0.15) is 11.5 Å². The van der Waals surface area contributed by atoms with Crippen molar-refractivity contribution in [2.75, 3.05) is 0 Å². The number of hydrogen-bond donors (Lipinski definition) is 2. The molecule has 0 heterocycles. The highest BCUT2D eigenvalue weighted by atomic mass is 31.2. The first-order chi connectivity index (χ1) is 8.08. The van der Waals surface area contributed by atoms with Crippen LogP contribution in [0.1, 0.15) is 26.3 Å². The van der Waals surface area contributed by atoms with E-state index < -0.39 is 13.2 Å². The number of carbonyl (C=O) groups excluding carboxylic acids is 1. The predicted octanol–water partition coefficient (Wildman–Crippen LogP) is 2.32. The Morgan fingerprint density at radius 2 is 1.94 bits per heavy atom. The zero-order chi connectivity index (χ0) is 14.0. The van der Waals surface area contributed by atoms with E-state index in [1.165, 1.54) is 12.1 Å². The number of phosphoric ester groups is 1. The third-order valence-electron chi connectivity index (χ3n) is 2.32. The molecule has 6 heteroatoms. The van der Waals surface area contributed by atoms with Crippen LogP contribution in [0.25, 0.3) is 0 Å². The first-order valence-electron chi connectivity index (χ1n) is 5.45. The second kappa shape index (κ2) is 5.22. The summed E-state index contributed by atoms with van der Waals surface area (Å²) in [5.41, 5.74) is 0.223. The minimum Gasteiger partial charge on any atom is -0.404 e. The van der Waals surface area contributed by atoms with E-state index in [9.17, 15) is 9.36 Å². The standard InChI is InChI=1S/C12H17O5P/c1-12(2,3)11(13)8-9-5-4-6-10(7-9)17-18(14,15)16/h4-7H,8H2,1-3H3,(H2,14,15,16). The maximum atomic E-state index is 11.8. The molecule has 0 radical (unpaired) electrons. The number of phosphoric acid groups is 1. The summed E-state index contributed by atoms with van der Waals surface area (Å²) in [7, 11) is -4.56. The molecule has 0 saturated heterocycles. The number of benzene rings is 1. The van der Waals surface area contributed by atoms with E-state index in [0.717, 1.165) is 0 Å². The van der Waals surface area contributed by atoms with Crippen molar-refractivity contribution in [3.8, 4) is 5.75 Å². The van der Waals surface area contributed by atoms with Gasteiger partial charge in [-0.15, -0.1) is 0 Å². The minimum absolute atomic E-state index is 0.0517. The second-order valence-electron chi connectivity index (χ2n) is 5.08. The van der Waals surface area contributed by atoms with Crippen molar-refractivity contribution in [2.45, 2.75) is 27.2 Å². The zero-order valence-corrected chi connectivity index (χ0v) is 11.5. The Bertz CT molecular complexity index is 483. The third-order valence-corrected chi connectivity index (χ3v) is 2.77.